The van der Waals surface area contributed by atoms with Gasteiger partial charge < -0.3 is 10.1 Å². The summed E-state index contributed by atoms with van der Waals surface area (Å²) in [6.45, 7) is 4.33. The lowest BCUT2D eigenvalue weighted by atomic mass is 9.93. The lowest BCUT2D eigenvalue weighted by Gasteiger charge is -2.29. The van der Waals surface area contributed by atoms with Crippen LogP contribution in [0.15, 0.2) is 0 Å². The molecule has 2 atom stereocenters. The predicted octanol–water partition coefficient (Wildman–Crippen LogP) is 1.80. The lowest BCUT2D eigenvalue weighted by molar-refractivity contribution is -0.0211. The Bertz CT molecular complexity index is 108. The maximum Gasteiger partial charge on any atom is 0.0615 e. The van der Waals surface area contributed by atoms with Gasteiger partial charge in [-0.3, -0.25) is 0 Å². The molecule has 0 amide bonds. The molecule has 0 aromatic carbocycles. The van der Waals surface area contributed by atoms with Gasteiger partial charge in [0, 0.05) is 13.2 Å². The molecule has 2 heteroatoms. The van der Waals surface area contributed by atoms with E-state index in [1.54, 1.807) is 0 Å². The quantitative estimate of drug-likeness (QED) is 0.696. The normalized spacial score (nSPS) is 27.0. The smallest absolute Gasteiger partial charge is 0.0615 e. The summed E-state index contributed by atoms with van der Waals surface area (Å²) in [5.41, 5.74) is 0. The highest BCUT2D eigenvalue weighted by atomic mass is 16.5. The molecule has 1 aliphatic heterocycles. The summed E-state index contributed by atoms with van der Waals surface area (Å²) >= 11 is 0. The zero-order chi connectivity index (χ0) is 8.81. The lowest BCUT2D eigenvalue weighted by Crippen LogP contribution is -2.33. The molecule has 0 aliphatic carbocycles. The van der Waals surface area contributed by atoms with Gasteiger partial charge in [0.15, 0.2) is 0 Å². The van der Waals surface area contributed by atoms with Crippen molar-refractivity contribution in [2.45, 2.75) is 38.7 Å². The van der Waals surface area contributed by atoms with E-state index in [1.807, 2.05) is 7.05 Å². The van der Waals surface area contributed by atoms with Crippen molar-refractivity contribution in [2.24, 2.45) is 5.92 Å². The average molecular weight is 171 g/mol. The summed E-state index contributed by atoms with van der Waals surface area (Å²) in [6, 6.07) is 0. The van der Waals surface area contributed by atoms with E-state index in [1.165, 1.54) is 25.7 Å². The van der Waals surface area contributed by atoms with Gasteiger partial charge in [0.05, 0.1) is 6.10 Å². The summed E-state index contributed by atoms with van der Waals surface area (Å²) in [6.07, 6.45) is 5.62. The van der Waals surface area contributed by atoms with Gasteiger partial charge in [-0.1, -0.05) is 6.92 Å². The number of rotatable bonds is 4. The van der Waals surface area contributed by atoms with Crippen LogP contribution >= 0.6 is 0 Å². The summed E-state index contributed by atoms with van der Waals surface area (Å²) in [7, 11) is 2.02. The number of hydrogen-bond acceptors (Lipinski definition) is 2. The van der Waals surface area contributed by atoms with Crippen LogP contribution in [0, 0.1) is 5.92 Å². The van der Waals surface area contributed by atoms with Crippen LogP contribution in [0.3, 0.4) is 0 Å². The first kappa shape index (κ1) is 10.0. The predicted molar refractivity (Wildman–Crippen MR) is 51.3 cm³/mol. The number of ether oxygens (including phenoxy) is 1. The molecule has 0 saturated carbocycles. The van der Waals surface area contributed by atoms with Crippen LogP contribution in [-0.2, 0) is 4.74 Å². The van der Waals surface area contributed by atoms with Crippen molar-refractivity contribution in [1.29, 1.82) is 0 Å². The van der Waals surface area contributed by atoms with Gasteiger partial charge in [0.25, 0.3) is 0 Å². The highest BCUT2D eigenvalue weighted by molar-refractivity contribution is 4.73. The van der Waals surface area contributed by atoms with E-state index in [2.05, 4.69) is 12.2 Å². The second kappa shape index (κ2) is 5.55. The third-order valence-corrected chi connectivity index (χ3v) is 2.73. The molecule has 0 bridgehead atoms. The van der Waals surface area contributed by atoms with Crippen molar-refractivity contribution in [3.8, 4) is 0 Å². The summed E-state index contributed by atoms with van der Waals surface area (Å²) in [5, 5.41) is 3.24. The molecule has 72 valence electrons. The average Bonchev–Trinajstić information content (AvgIpc) is 2.15. The third kappa shape index (κ3) is 2.76. The molecule has 0 aromatic rings. The van der Waals surface area contributed by atoms with Crippen LogP contribution < -0.4 is 5.32 Å². The minimum absolute atomic E-state index is 0.524. The highest BCUT2D eigenvalue weighted by Crippen LogP contribution is 2.21. The molecule has 12 heavy (non-hydrogen) atoms. The van der Waals surface area contributed by atoms with Crippen LogP contribution in [0.2, 0.25) is 0 Å². The largest absolute Gasteiger partial charge is 0.378 e. The SMILES string of the molecule is CCC(CNC)C1CCCCO1. The summed E-state index contributed by atoms with van der Waals surface area (Å²) in [4.78, 5) is 0. The van der Waals surface area contributed by atoms with Gasteiger partial charge in [-0.15, -0.1) is 0 Å². The molecule has 1 aliphatic rings. The molecule has 1 heterocycles. The van der Waals surface area contributed by atoms with Gasteiger partial charge in [0.2, 0.25) is 0 Å². The molecular formula is C10H21NO. The van der Waals surface area contributed by atoms with Gasteiger partial charge in [-0.25, -0.2) is 0 Å². The maximum atomic E-state index is 5.74. The summed E-state index contributed by atoms with van der Waals surface area (Å²) < 4.78 is 5.74. The zero-order valence-electron chi connectivity index (χ0n) is 8.31. The maximum absolute atomic E-state index is 5.74. The molecule has 2 unspecified atom stereocenters. The van der Waals surface area contributed by atoms with Crippen LogP contribution in [0.4, 0.5) is 0 Å². The molecule has 1 rings (SSSR count). The van der Waals surface area contributed by atoms with Crippen LogP contribution in [0.25, 0.3) is 0 Å². The topological polar surface area (TPSA) is 21.3 Å². The molecule has 1 saturated heterocycles. The molecule has 2 nitrogen and oxygen atoms in total. The van der Waals surface area contributed by atoms with E-state index in [9.17, 15) is 0 Å². The van der Waals surface area contributed by atoms with Gasteiger partial charge in [0.1, 0.15) is 0 Å². The second-order valence-electron chi connectivity index (χ2n) is 3.63. The highest BCUT2D eigenvalue weighted by Gasteiger charge is 2.21. The van der Waals surface area contributed by atoms with Crippen molar-refractivity contribution >= 4 is 0 Å². The fourth-order valence-corrected chi connectivity index (χ4v) is 1.94. The van der Waals surface area contributed by atoms with Gasteiger partial charge in [-0.05, 0) is 38.6 Å². The minimum Gasteiger partial charge on any atom is -0.378 e. The van der Waals surface area contributed by atoms with E-state index in [0.29, 0.717) is 6.10 Å². The van der Waals surface area contributed by atoms with Crippen molar-refractivity contribution in [1.82, 2.24) is 5.32 Å². The Labute approximate surface area is 75.7 Å². The third-order valence-electron chi connectivity index (χ3n) is 2.73. The Morgan fingerprint density at radius 2 is 2.33 bits per heavy atom. The van der Waals surface area contributed by atoms with Crippen molar-refractivity contribution in [2.75, 3.05) is 20.2 Å². The fraction of sp³-hybridized carbons (Fsp3) is 1.00. The van der Waals surface area contributed by atoms with E-state index in [-0.39, 0.29) is 0 Å². The van der Waals surface area contributed by atoms with Gasteiger partial charge >= 0.3 is 0 Å². The zero-order valence-corrected chi connectivity index (χ0v) is 8.31. The number of nitrogens with one attached hydrogen (secondary N) is 1. The van der Waals surface area contributed by atoms with Crippen molar-refractivity contribution in [3.05, 3.63) is 0 Å². The number of hydrogen-bond donors (Lipinski definition) is 1. The monoisotopic (exact) mass is 171 g/mol. The minimum atomic E-state index is 0.524. The van der Waals surface area contributed by atoms with E-state index < -0.39 is 0 Å². The molecular weight excluding hydrogens is 150 g/mol. The van der Waals surface area contributed by atoms with Crippen LogP contribution in [0.5, 0.6) is 0 Å². The van der Waals surface area contributed by atoms with Crippen LogP contribution in [0.1, 0.15) is 32.6 Å². The molecule has 0 aromatic heterocycles. The second-order valence-corrected chi connectivity index (χ2v) is 3.63. The first-order valence-electron chi connectivity index (χ1n) is 5.14. The molecule has 0 spiro atoms. The standard InChI is InChI=1S/C10H21NO/c1-3-9(8-11-2)10-6-4-5-7-12-10/h9-11H,3-8H2,1-2H3. The van der Waals surface area contributed by atoms with E-state index in [4.69, 9.17) is 4.74 Å². The van der Waals surface area contributed by atoms with Crippen molar-refractivity contribution < 1.29 is 4.74 Å². The summed E-state index contributed by atoms with van der Waals surface area (Å²) in [5.74, 6) is 0.718. The Kier molecular flexibility index (Phi) is 4.62. The van der Waals surface area contributed by atoms with E-state index >= 15 is 0 Å². The Hall–Kier alpha value is -0.0800. The van der Waals surface area contributed by atoms with Crippen LogP contribution in [-0.4, -0.2) is 26.3 Å². The Morgan fingerprint density at radius 3 is 2.83 bits per heavy atom. The molecule has 0 radical (unpaired) electrons. The first-order valence-corrected chi connectivity index (χ1v) is 5.14. The molecule has 1 N–H and O–H groups in total. The van der Waals surface area contributed by atoms with E-state index in [0.717, 1.165) is 19.1 Å². The first-order chi connectivity index (χ1) is 5.88. The van der Waals surface area contributed by atoms with Gasteiger partial charge in [-0.2, -0.15) is 0 Å². The Morgan fingerprint density at radius 1 is 1.50 bits per heavy atom. The van der Waals surface area contributed by atoms with Crippen molar-refractivity contribution in [3.63, 3.8) is 0 Å². The molecule has 1 fully saturated rings. The fourth-order valence-electron chi connectivity index (χ4n) is 1.94. The Balaban J connectivity index is 2.29.